The van der Waals surface area contributed by atoms with E-state index in [4.69, 9.17) is 4.74 Å². The normalized spacial score (nSPS) is 10.9. The van der Waals surface area contributed by atoms with Gasteiger partial charge in [-0.2, -0.15) is 0 Å². The summed E-state index contributed by atoms with van der Waals surface area (Å²) in [4.78, 5) is 23.4. The molecule has 0 bridgehead atoms. The number of benzene rings is 1. The van der Waals surface area contributed by atoms with Gasteiger partial charge in [0.15, 0.2) is 5.16 Å². The molecule has 0 radical (unpaired) electrons. The van der Waals surface area contributed by atoms with Gasteiger partial charge >= 0.3 is 5.97 Å². The van der Waals surface area contributed by atoms with Gasteiger partial charge < -0.3 is 14.6 Å². The van der Waals surface area contributed by atoms with E-state index >= 15 is 0 Å². The van der Waals surface area contributed by atoms with Crippen molar-refractivity contribution in [3.8, 4) is 0 Å². The average molecular weight is 374 g/mol. The number of aryl methyl sites for hydroxylation is 1. The van der Waals surface area contributed by atoms with Crippen LogP contribution in [0.4, 0.5) is 5.69 Å². The average Bonchev–Trinajstić information content (AvgIpc) is 2.99. The first kappa shape index (κ1) is 19.7. The molecule has 1 amide bonds. The number of hydrogen-bond acceptors (Lipinski definition) is 6. The first-order valence-electron chi connectivity index (χ1n) is 8.29. The van der Waals surface area contributed by atoms with Crippen LogP contribution in [0.2, 0.25) is 0 Å². The monoisotopic (exact) mass is 374 g/mol. The summed E-state index contributed by atoms with van der Waals surface area (Å²) < 4.78 is 6.72. The third-order valence-electron chi connectivity index (χ3n) is 3.47. The maximum atomic E-state index is 12.1. The molecule has 138 valence electrons. The largest absolute Gasteiger partial charge is 0.463 e. The minimum absolute atomic E-state index is 0.120. The fraction of sp³-hybridized carbons (Fsp3) is 0.333. The molecule has 1 N–H and O–H groups in total. The fourth-order valence-electron chi connectivity index (χ4n) is 2.14. The first-order valence-corrected chi connectivity index (χ1v) is 9.27. The Balaban J connectivity index is 1.85. The number of nitrogens with zero attached hydrogens (tertiary/aromatic N) is 3. The summed E-state index contributed by atoms with van der Waals surface area (Å²) in [6.07, 6.45) is 3.84. The number of aromatic nitrogens is 3. The van der Waals surface area contributed by atoms with Crippen molar-refractivity contribution in [2.45, 2.75) is 25.4 Å². The van der Waals surface area contributed by atoms with Crippen molar-refractivity contribution in [3.05, 3.63) is 41.7 Å². The predicted octanol–water partition coefficient (Wildman–Crippen LogP) is 2.68. The number of hydrogen-bond donors (Lipinski definition) is 1. The number of carbonyl (C=O) groups is 2. The highest BCUT2D eigenvalue weighted by Crippen LogP contribution is 2.17. The third kappa shape index (κ3) is 5.73. The first-order chi connectivity index (χ1) is 12.5. The molecule has 0 unspecified atom stereocenters. The molecule has 1 aromatic carbocycles. The standard InChI is InChI=1S/C18H22N4O3S/c1-4-15-20-21-18(22(15)3)26-12-16(23)19-14-9-6-13(7-10-14)8-11-17(24)25-5-2/h6-11H,4-5,12H2,1-3H3,(H,19,23)/b11-8+. The Kier molecular flexibility index (Phi) is 7.40. The van der Waals surface area contributed by atoms with E-state index in [1.54, 1.807) is 25.1 Å². The van der Waals surface area contributed by atoms with Crippen LogP contribution in [0.25, 0.3) is 6.08 Å². The van der Waals surface area contributed by atoms with Crippen LogP contribution in [0.15, 0.2) is 35.5 Å². The maximum absolute atomic E-state index is 12.1. The van der Waals surface area contributed by atoms with E-state index in [2.05, 4.69) is 15.5 Å². The zero-order chi connectivity index (χ0) is 18.9. The second-order valence-corrected chi connectivity index (χ2v) is 6.30. The lowest BCUT2D eigenvalue weighted by Crippen LogP contribution is -2.14. The molecular weight excluding hydrogens is 352 g/mol. The number of rotatable bonds is 8. The van der Waals surface area contributed by atoms with E-state index < -0.39 is 0 Å². The van der Waals surface area contributed by atoms with Crippen LogP contribution in [0.5, 0.6) is 0 Å². The van der Waals surface area contributed by atoms with Gasteiger partial charge in [-0.05, 0) is 30.7 Å². The number of ether oxygens (including phenoxy) is 1. The second kappa shape index (κ2) is 9.76. The van der Waals surface area contributed by atoms with Crippen molar-refractivity contribution in [1.29, 1.82) is 0 Å². The van der Waals surface area contributed by atoms with Crippen molar-refractivity contribution in [1.82, 2.24) is 14.8 Å². The molecule has 1 heterocycles. The number of nitrogens with one attached hydrogen (secondary N) is 1. The molecule has 0 aliphatic rings. The summed E-state index contributed by atoms with van der Waals surface area (Å²) in [5.41, 5.74) is 1.53. The molecule has 0 spiro atoms. The predicted molar refractivity (Wildman–Crippen MR) is 102 cm³/mol. The third-order valence-corrected chi connectivity index (χ3v) is 4.49. The van der Waals surface area contributed by atoms with E-state index in [9.17, 15) is 9.59 Å². The highest BCUT2D eigenvalue weighted by atomic mass is 32.2. The number of amides is 1. The van der Waals surface area contributed by atoms with Crippen LogP contribution in [0.1, 0.15) is 25.2 Å². The summed E-state index contributed by atoms with van der Waals surface area (Å²) in [7, 11) is 1.89. The summed E-state index contributed by atoms with van der Waals surface area (Å²) in [5, 5.41) is 11.7. The van der Waals surface area contributed by atoms with Crippen molar-refractivity contribution >= 4 is 35.4 Å². The van der Waals surface area contributed by atoms with Gasteiger partial charge in [-0.15, -0.1) is 10.2 Å². The minimum Gasteiger partial charge on any atom is -0.463 e. The molecule has 7 nitrogen and oxygen atoms in total. The van der Waals surface area contributed by atoms with Gasteiger partial charge in [0.25, 0.3) is 0 Å². The topological polar surface area (TPSA) is 86.1 Å². The molecular formula is C18H22N4O3S. The smallest absolute Gasteiger partial charge is 0.330 e. The minimum atomic E-state index is -0.378. The van der Waals surface area contributed by atoms with Crippen LogP contribution in [-0.2, 0) is 27.8 Å². The Morgan fingerprint density at radius 3 is 2.58 bits per heavy atom. The van der Waals surface area contributed by atoms with Crippen molar-refractivity contribution < 1.29 is 14.3 Å². The van der Waals surface area contributed by atoms with Crippen molar-refractivity contribution in [3.63, 3.8) is 0 Å². The van der Waals surface area contributed by atoms with Gasteiger partial charge in [0.1, 0.15) is 5.82 Å². The molecule has 1 aromatic heterocycles. The highest BCUT2D eigenvalue weighted by molar-refractivity contribution is 7.99. The van der Waals surface area contributed by atoms with Crippen LogP contribution in [0.3, 0.4) is 0 Å². The molecule has 26 heavy (non-hydrogen) atoms. The summed E-state index contributed by atoms with van der Waals surface area (Å²) >= 11 is 1.34. The summed E-state index contributed by atoms with van der Waals surface area (Å²) in [6, 6.07) is 7.19. The van der Waals surface area contributed by atoms with E-state index in [1.165, 1.54) is 17.8 Å². The Morgan fingerprint density at radius 1 is 1.23 bits per heavy atom. The number of anilines is 1. The Morgan fingerprint density at radius 2 is 1.96 bits per heavy atom. The fourth-order valence-corrected chi connectivity index (χ4v) is 2.87. The van der Waals surface area contributed by atoms with Crippen molar-refractivity contribution in [2.75, 3.05) is 17.7 Å². The lowest BCUT2D eigenvalue weighted by atomic mass is 10.2. The van der Waals surface area contributed by atoms with Crippen LogP contribution < -0.4 is 5.32 Å². The molecule has 0 aliphatic heterocycles. The quantitative estimate of drug-likeness (QED) is 0.434. The van der Waals surface area contributed by atoms with E-state index in [1.807, 2.05) is 30.7 Å². The van der Waals surface area contributed by atoms with E-state index in [0.29, 0.717) is 12.3 Å². The van der Waals surface area contributed by atoms with Crippen LogP contribution in [0, 0.1) is 0 Å². The second-order valence-electron chi connectivity index (χ2n) is 5.36. The molecule has 0 aliphatic carbocycles. The number of carbonyl (C=O) groups excluding carboxylic acids is 2. The zero-order valence-electron chi connectivity index (χ0n) is 15.1. The maximum Gasteiger partial charge on any atom is 0.330 e. The van der Waals surface area contributed by atoms with Gasteiger partial charge in [0, 0.05) is 25.2 Å². The van der Waals surface area contributed by atoms with Gasteiger partial charge in [-0.3, -0.25) is 4.79 Å². The Bertz CT molecular complexity index is 784. The lowest BCUT2D eigenvalue weighted by Gasteiger charge is -2.06. The number of thioether (sulfide) groups is 1. The zero-order valence-corrected chi connectivity index (χ0v) is 15.9. The van der Waals surface area contributed by atoms with Crippen molar-refractivity contribution in [2.24, 2.45) is 7.05 Å². The highest BCUT2D eigenvalue weighted by Gasteiger charge is 2.10. The van der Waals surface area contributed by atoms with E-state index in [0.717, 1.165) is 23.0 Å². The summed E-state index contributed by atoms with van der Waals surface area (Å²) in [5.74, 6) is 0.641. The Hall–Kier alpha value is -2.61. The van der Waals surface area contributed by atoms with Crippen LogP contribution >= 0.6 is 11.8 Å². The summed E-state index contributed by atoms with van der Waals surface area (Å²) in [6.45, 7) is 4.12. The molecule has 2 aromatic rings. The van der Waals surface area contributed by atoms with Gasteiger partial charge in [0.2, 0.25) is 5.91 Å². The van der Waals surface area contributed by atoms with Gasteiger partial charge in [-0.1, -0.05) is 30.8 Å². The molecule has 8 heteroatoms. The SMILES string of the molecule is CCOC(=O)/C=C/c1ccc(NC(=O)CSc2nnc(CC)n2C)cc1. The van der Waals surface area contributed by atoms with E-state index in [-0.39, 0.29) is 17.6 Å². The molecule has 0 fully saturated rings. The molecule has 0 atom stereocenters. The van der Waals surface area contributed by atoms with Gasteiger partial charge in [0.05, 0.1) is 12.4 Å². The molecule has 0 saturated heterocycles. The van der Waals surface area contributed by atoms with Gasteiger partial charge in [-0.25, -0.2) is 4.79 Å². The molecule has 0 saturated carbocycles. The lowest BCUT2D eigenvalue weighted by molar-refractivity contribution is -0.137. The Labute approximate surface area is 156 Å². The number of esters is 1. The van der Waals surface area contributed by atoms with Crippen LogP contribution in [-0.4, -0.2) is 39.0 Å². The molecule has 2 rings (SSSR count).